The van der Waals surface area contributed by atoms with Crippen molar-refractivity contribution in [2.75, 3.05) is 19.7 Å². The molecular weight excluding hydrogens is 348 g/mol. The van der Waals surface area contributed by atoms with Gasteiger partial charge in [0.25, 0.3) is 5.91 Å². The summed E-state index contributed by atoms with van der Waals surface area (Å²) in [5.41, 5.74) is 0.863. The molecule has 2 aromatic carbocycles. The predicted molar refractivity (Wildman–Crippen MR) is 97.6 cm³/mol. The fourth-order valence-corrected chi connectivity index (χ4v) is 3.04. The molecule has 0 spiro atoms. The summed E-state index contributed by atoms with van der Waals surface area (Å²) in [6, 6.07) is 13.5. The van der Waals surface area contributed by atoms with Crippen LogP contribution in [0.2, 0.25) is 0 Å². The van der Waals surface area contributed by atoms with Gasteiger partial charge >= 0.3 is 5.97 Å². The molecule has 0 aromatic heterocycles. The molecule has 0 radical (unpaired) electrons. The number of benzene rings is 2. The van der Waals surface area contributed by atoms with E-state index in [2.05, 4.69) is 5.32 Å². The van der Waals surface area contributed by atoms with Gasteiger partial charge in [-0.1, -0.05) is 42.5 Å². The summed E-state index contributed by atoms with van der Waals surface area (Å²) >= 11 is 0. The lowest BCUT2D eigenvalue weighted by Crippen LogP contribution is -2.37. The Kier molecular flexibility index (Phi) is 5.80. The molecule has 1 heterocycles. The number of nitrogens with zero attached hydrogens (tertiary/aromatic N) is 1. The molecule has 7 nitrogen and oxygen atoms in total. The first-order valence-corrected chi connectivity index (χ1v) is 8.77. The van der Waals surface area contributed by atoms with Gasteiger partial charge in [0.2, 0.25) is 11.8 Å². The Labute approximate surface area is 156 Å². The molecule has 27 heavy (non-hydrogen) atoms. The first-order valence-electron chi connectivity index (χ1n) is 8.77. The van der Waals surface area contributed by atoms with Crippen LogP contribution in [0.4, 0.5) is 0 Å². The minimum Gasteiger partial charge on any atom is -0.454 e. The van der Waals surface area contributed by atoms with Crippen LogP contribution in [-0.4, -0.2) is 48.3 Å². The van der Waals surface area contributed by atoms with Crippen molar-refractivity contribution < 1.29 is 23.9 Å². The van der Waals surface area contributed by atoms with E-state index in [1.54, 1.807) is 0 Å². The van der Waals surface area contributed by atoms with E-state index in [0.29, 0.717) is 19.4 Å². The van der Waals surface area contributed by atoms with Crippen LogP contribution in [0.3, 0.4) is 0 Å². The fraction of sp³-hybridized carbons (Fsp3) is 0.300. The smallest absolute Gasteiger partial charge is 0.325 e. The number of esters is 1. The van der Waals surface area contributed by atoms with Crippen LogP contribution in [0.1, 0.15) is 18.4 Å². The van der Waals surface area contributed by atoms with Crippen molar-refractivity contribution in [3.05, 3.63) is 48.0 Å². The standard InChI is InChI=1S/C20H20N2O5/c23-17(11-15-7-3-6-14-5-1-2-8-16(14)15)21-12-20(26)27-13-19(25)22-10-4-9-18(22)24/h1-3,5-8H,4,9-13H2,(H,21,23). The number of hydrogen-bond donors (Lipinski definition) is 1. The average molecular weight is 368 g/mol. The molecule has 0 atom stereocenters. The van der Waals surface area contributed by atoms with Gasteiger partial charge in [0.15, 0.2) is 6.61 Å². The number of imide groups is 1. The van der Waals surface area contributed by atoms with Gasteiger partial charge in [-0.2, -0.15) is 0 Å². The zero-order valence-corrected chi connectivity index (χ0v) is 14.8. The van der Waals surface area contributed by atoms with Crippen LogP contribution in [0.25, 0.3) is 10.8 Å². The molecular formula is C20H20N2O5. The van der Waals surface area contributed by atoms with Crippen molar-refractivity contribution in [3.8, 4) is 0 Å². The third-order valence-corrected chi connectivity index (χ3v) is 4.39. The van der Waals surface area contributed by atoms with Crippen molar-refractivity contribution in [1.29, 1.82) is 0 Å². The minimum atomic E-state index is -0.721. The normalized spacial score (nSPS) is 13.6. The lowest BCUT2D eigenvalue weighted by atomic mass is 10.0. The molecule has 140 valence electrons. The molecule has 0 bridgehead atoms. The van der Waals surface area contributed by atoms with E-state index >= 15 is 0 Å². The number of fused-ring (bicyclic) bond motifs is 1. The van der Waals surface area contributed by atoms with Gasteiger partial charge in [0, 0.05) is 13.0 Å². The molecule has 3 amide bonds. The van der Waals surface area contributed by atoms with Gasteiger partial charge in [-0.05, 0) is 22.8 Å². The van der Waals surface area contributed by atoms with Crippen molar-refractivity contribution >= 4 is 34.5 Å². The quantitative estimate of drug-likeness (QED) is 0.773. The summed E-state index contributed by atoms with van der Waals surface area (Å²) in [7, 11) is 0. The highest BCUT2D eigenvalue weighted by Gasteiger charge is 2.26. The van der Waals surface area contributed by atoms with Crippen molar-refractivity contribution in [2.24, 2.45) is 0 Å². The fourth-order valence-electron chi connectivity index (χ4n) is 3.04. The summed E-state index contributed by atoms with van der Waals surface area (Å²) in [5, 5.41) is 4.52. The first kappa shape index (κ1) is 18.6. The Hall–Kier alpha value is -3.22. The van der Waals surface area contributed by atoms with E-state index in [0.717, 1.165) is 21.2 Å². The van der Waals surface area contributed by atoms with Crippen LogP contribution in [0.5, 0.6) is 0 Å². The van der Waals surface area contributed by atoms with Gasteiger partial charge in [-0.15, -0.1) is 0 Å². The van der Waals surface area contributed by atoms with Gasteiger partial charge in [0.1, 0.15) is 6.54 Å². The van der Waals surface area contributed by atoms with Crippen molar-refractivity contribution in [2.45, 2.75) is 19.3 Å². The zero-order valence-electron chi connectivity index (χ0n) is 14.8. The Balaban J connectivity index is 1.45. The lowest BCUT2D eigenvalue weighted by Gasteiger charge is -2.13. The molecule has 0 aliphatic carbocycles. The van der Waals surface area contributed by atoms with Gasteiger partial charge < -0.3 is 10.1 Å². The topological polar surface area (TPSA) is 92.8 Å². The maximum atomic E-state index is 12.1. The minimum absolute atomic E-state index is 0.135. The monoisotopic (exact) mass is 368 g/mol. The largest absolute Gasteiger partial charge is 0.454 e. The highest BCUT2D eigenvalue weighted by Crippen LogP contribution is 2.18. The van der Waals surface area contributed by atoms with Crippen LogP contribution >= 0.6 is 0 Å². The number of rotatable bonds is 6. The third kappa shape index (κ3) is 4.69. The Bertz CT molecular complexity index is 888. The zero-order chi connectivity index (χ0) is 19.2. The maximum Gasteiger partial charge on any atom is 0.325 e. The number of hydrogen-bond acceptors (Lipinski definition) is 5. The highest BCUT2D eigenvalue weighted by molar-refractivity contribution is 5.98. The highest BCUT2D eigenvalue weighted by atomic mass is 16.5. The Morgan fingerprint density at radius 3 is 2.63 bits per heavy atom. The Morgan fingerprint density at radius 1 is 1.07 bits per heavy atom. The summed E-state index contributed by atoms with van der Waals surface area (Å²) in [6.45, 7) is -0.467. The van der Waals surface area contributed by atoms with E-state index in [1.807, 2.05) is 42.5 Å². The number of nitrogens with one attached hydrogen (secondary N) is 1. The molecule has 1 fully saturated rings. The predicted octanol–water partition coefficient (Wildman–Crippen LogP) is 1.19. The molecule has 0 saturated carbocycles. The summed E-state index contributed by atoms with van der Waals surface area (Å²) in [6.07, 6.45) is 1.10. The van der Waals surface area contributed by atoms with Crippen molar-refractivity contribution in [1.82, 2.24) is 10.2 Å². The van der Waals surface area contributed by atoms with E-state index in [1.165, 1.54) is 0 Å². The van der Waals surface area contributed by atoms with Crippen LogP contribution in [-0.2, 0) is 30.3 Å². The number of ether oxygens (including phenoxy) is 1. The molecule has 0 unspecified atom stereocenters. The summed E-state index contributed by atoms with van der Waals surface area (Å²) < 4.78 is 4.84. The third-order valence-electron chi connectivity index (χ3n) is 4.39. The number of likely N-dealkylation sites (tertiary alicyclic amines) is 1. The van der Waals surface area contributed by atoms with Gasteiger partial charge in [0.05, 0.1) is 6.42 Å². The average Bonchev–Trinajstić information content (AvgIpc) is 3.11. The maximum absolute atomic E-state index is 12.1. The first-order chi connectivity index (χ1) is 13.0. The summed E-state index contributed by atoms with van der Waals surface area (Å²) in [4.78, 5) is 48.2. The van der Waals surface area contributed by atoms with E-state index in [4.69, 9.17) is 4.74 Å². The molecule has 7 heteroatoms. The molecule has 1 saturated heterocycles. The SMILES string of the molecule is O=C(Cc1cccc2ccccc12)NCC(=O)OCC(=O)N1CCCC1=O. The molecule has 3 rings (SSSR count). The van der Waals surface area contributed by atoms with Crippen LogP contribution in [0, 0.1) is 0 Å². The molecule has 1 N–H and O–H groups in total. The second kappa shape index (κ2) is 8.44. The van der Waals surface area contributed by atoms with Crippen LogP contribution < -0.4 is 5.32 Å². The second-order valence-electron chi connectivity index (χ2n) is 6.30. The Morgan fingerprint density at radius 2 is 1.85 bits per heavy atom. The van der Waals surface area contributed by atoms with E-state index in [9.17, 15) is 19.2 Å². The van der Waals surface area contributed by atoms with Gasteiger partial charge in [-0.25, -0.2) is 0 Å². The summed E-state index contributed by atoms with van der Waals surface area (Å²) in [5.74, 6) is -1.82. The van der Waals surface area contributed by atoms with E-state index < -0.39 is 18.5 Å². The van der Waals surface area contributed by atoms with E-state index in [-0.39, 0.29) is 24.8 Å². The van der Waals surface area contributed by atoms with Gasteiger partial charge in [-0.3, -0.25) is 24.1 Å². The number of carbonyl (C=O) groups excluding carboxylic acids is 4. The molecule has 1 aliphatic heterocycles. The second-order valence-corrected chi connectivity index (χ2v) is 6.30. The number of amides is 3. The number of carbonyl (C=O) groups is 4. The lowest BCUT2D eigenvalue weighted by molar-refractivity contribution is -0.154. The molecule has 1 aliphatic rings. The van der Waals surface area contributed by atoms with Crippen molar-refractivity contribution in [3.63, 3.8) is 0 Å². The van der Waals surface area contributed by atoms with Crippen LogP contribution in [0.15, 0.2) is 42.5 Å². The molecule has 2 aromatic rings.